The van der Waals surface area contributed by atoms with Gasteiger partial charge in [0.15, 0.2) is 6.61 Å². The van der Waals surface area contributed by atoms with Crippen molar-refractivity contribution in [2.75, 3.05) is 13.2 Å². The zero-order valence-electron chi connectivity index (χ0n) is 9.60. The number of carboxylic acids is 1. The number of amides is 2. The molecule has 0 saturated carbocycles. The number of carbonyl (C=O) groups is 2. The Bertz CT molecular complexity index is 270. The Morgan fingerprint density at radius 3 is 2.75 bits per heavy atom. The molecule has 1 aliphatic heterocycles. The van der Waals surface area contributed by atoms with Gasteiger partial charge in [-0.3, -0.25) is 4.84 Å². The second kappa shape index (κ2) is 5.69. The van der Waals surface area contributed by atoms with E-state index in [1.807, 2.05) is 6.92 Å². The van der Waals surface area contributed by atoms with Crippen LogP contribution in [-0.4, -0.2) is 41.2 Å². The summed E-state index contributed by atoms with van der Waals surface area (Å²) in [6.45, 7) is 4.30. The average Bonchev–Trinajstić information content (AvgIpc) is 2.16. The number of rotatable bonds is 3. The molecule has 0 aliphatic carbocycles. The lowest BCUT2D eigenvalue weighted by Crippen LogP contribution is -2.49. The van der Waals surface area contributed by atoms with E-state index < -0.39 is 12.6 Å². The highest BCUT2D eigenvalue weighted by Crippen LogP contribution is 2.21. The number of hydrogen-bond acceptors (Lipinski definition) is 3. The van der Waals surface area contributed by atoms with Crippen molar-refractivity contribution in [3.05, 3.63) is 0 Å². The van der Waals surface area contributed by atoms with E-state index in [1.54, 1.807) is 4.90 Å². The van der Waals surface area contributed by atoms with Crippen molar-refractivity contribution >= 4 is 12.0 Å². The van der Waals surface area contributed by atoms with Gasteiger partial charge in [-0.1, -0.05) is 6.92 Å². The van der Waals surface area contributed by atoms with Crippen molar-refractivity contribution in [1.82, 2.24) is 10.4 Å². The van der Waals surface area contributed by atoms with Crippen molar-refractivity contribution in [3.63, 3.8) is 0 Å². The second-order valence-electron chi connectivity index (χ2n) is 4.26. The minimum absolute atomic E-state index is 0.164. The van der Waals surface area contributed by atoms with Crippen molar-refractivity contribution < 1.29 is 19.5 Å². The van der Waals surface area contributed by atoms with Crippen molar-refractivity contribution in [2.45, 2.75) is 32.7 Å². The number of likely N-dealkylation sites (tertiary alicyclic amines) is 1. The van der Waals surface area contributed by atoms with Crippen LogP contribution in [0.1, 0.15) is 26.7 Å². The summed E-state index contributed by atoms with van der Waals surface area (Å²) in [5.74, 6) is -0.486. The summed E-state index contributed by atoms with van der Waals surface area (Å²) in [5.41, 5.74) is 2.14. The first-order valence-corrected chi connectivity index (χ1v) is 5.41. The van der Waals surface area contributed by atoms with E-state index in [-0.39, 0.29) is 12.1 Å². The van der Waals surface area contributed by atoms with Crippen LogP contribution in [0.15, 0.2) is 0 Å². The van der Waals surface area contributed by atoms with E-state index in [9.17, 15) is 9.59 Å². The largest absolute Gasteiger partial charge is 0.479 e. The molecule has 1 aliphatic rings. The molecule has 0 aromatic rings. The van der Waals surface area contributed by atoms with Gasteiger partial charge in [0.1, 0.15) is 0 Å². The van der Waals surface area contributed by atoms with Gasteiger partial charge in [-0.15, -0.1) is 0 Å². The number of nitrogens with zero attached hydrogens (tertiary/aromatic N) is 1. The number of carboxylic acid groups (broad SMARTS) is 1. The lowest BCUT2D eigenvalue weighted by Gasteiger charge is -2.36. The summed E-state index contributed by atoms with van der Waals surface area (Å²) in [4.78, 5) is 28.0. The molecule has 0 bridgehead atoms. The van der Waals surface area contributed by atoms with Gasteiger partial charge >= 0.3 is 12.0 Å². The maximum atomic E-state index is 11.6. The van der Waals surface area contributed by atoms with E-state index >= 15 is 0 Å². The maximum Gasteiger partial charge on any atom is 0.341 e. The van der Waals surface area contributed by atoms with Gasteiger partial charge in [-0.05, 0) is 25.7 Å². The number of hydroxylamine groups is 1. The predicted molar refractivity (Wildman–Crippen MR) is 56.7 cm³/mol. The zero-order chi connectivity index (χ0) is 12.1. The van der Waals surface area contributed by atoms with Crippen molar-refractivity contribution in [2.24, 2.45) is 5.92 Å². The molecule has 1 rings (SSSR count). The third-order valence-corrected chi connectivity index (χ3v) is 2.75. The van der Waals surface area contributed by atoms with Crippen LogP contribution >= 0.6 is 0 Å². The Hall–Kier alpha value is -1.30. The molecular weight excluding hydrogens is 212 g/mol. The lowest BCUT2D eigenvalue weighted by molar-refractivity contribution is -0.144. The molecule has 1 fully saturated rings. The van der Waals surface area contributed by atoms with Gasteiger partial charge in [0, 0.05) is 12.6 Å². The normalized spacial score (nSPS) is 25.2. The third-order valence-electron chi connectivity index (χ3n) is 2.75. The Morgan fingerprint density at radius 1 is 1.50 bits per heavy atom. The van der Waals surface area contributed by atoms with Gasteiger partial charge in [-0.25, -0.2) is 15.1 Å². The molecule has 0 aromatic carbocycles. The van der Waals surface area contributed by atoms with Crippen LogP contribution in [0.3, 0.4) is 0 Å². The molecule has 2 N–H and O–H groups in total. The molecular formula is C10H18N2O4. The van der Waals surface area contributed by atoms with Gasteiger partial charge in [0.2, 0.25) is 0 Å². The summed E-state index contributed by atoms with van der Waals surface area (Å²) in [6, 6.07) is -0.196. The smallest absolute Gasteiger partial charge is 0.341 e. The molecule has 16 heavy (non-hydrogen) atoms. The minimum atomic E-state index is -1.11. The second-order valence-corrected chi connectivity index (χ2v) is 4.26. The quantitative estimate of drug-likeness (QED) is 0.704. The molecule has 1 heterocycles. The van der Waals surface area contributed by atoms with Crippen LogP contribution in [0.2, 0.25) is 0 Å². The molecule has 92 valence electrons. The standard InChI is InChI=1S/C10H18N2O4/c1-7-3-4-12(8(2)5-7)10(15)11-16-6-9(13)14/h7-8H,3-6H2,1-2H3,(H,11,15)(H,13,14). The van der Waals surface area contributed by atoms with Crippen LogP contribution in [0.4, 0.5) is 4.79 Å². The highest BCUT2D eigenvalue weighted by molar-refractivity contribution is 5.74. The van der Waals surface area contributed by atoms with E-state index in [0.717, 1.165) is 12.8 Å². The zero-order valence-corrected chi connectivity index (χ0v) is 9.60. The van der Waals surface area contributed by atoms with Gasteiger partial charge < -0.3 is 10.0 Å². The monoisotopic (exact) mass is 230 g/mol. The predicted octanol–water partition coefficient (Wildman–Crippen LogP) is 0.833. The summed E-state index contributed by atoms with van der Waals surface area (Å²) in [5, 5.41) is 8.33. The molecule has 1 saturated heterocycles. The first-order valence-electron chi connectivity index (χ1n) is 5.41. The molecule has 0 radical (unpaired) electrons. The van der Waals surface area contributed by atoms with Crippen molar-refractivity contribution in [3.8, 4) is 0 Å². The summed E-state index contributed by atoms with van der Waals surface area (Å²) < 4.78 is 0. The fourth-order valence-corrected chi connectivity index (χ4v) is 1.93. The van der Waals surface area contributed by atoms with Crippen molar-refractivity contribution in [1.29, 1.82) is 0 Å². The third kappa shape index (κ3) is 3.69. The Morgan fingerprint density at radius 2 is 2.19 bits per heavy atom. The van der Waals surface area contributed by atoms with E-state index in [2.05, 4.69) is 17.2 Å². The molecule has 2 amide bonds. The summed E-state index contributed by atoms with van der Waals surface area (Å²) >= 11 is 0. The fraction of sp³-hybridized carbons (Fsp3) is 0.800. The van der Waals surface area contributed by atoms with Crippen LogP contribution in [0, 0.1) is 5.92 Å². The highest BCUT2D eigenvalue weighted by Gasteiger charge is 2.26. The number of hydrogen-bond donors (Lipinski definition) is 2. The molecule has 6 heteroatoms. The molecule has 0 spiro atoms. The first-order chi connectivity index (χ1) is 7.50. The molecule has 0 aromatic heterocycles. The van der Waals surface area contributed by atoms with Gasteiger partial charge in [0.25, 0.3) is 0 Å². The van der Waals surface area contributed by atoms with Crippen LogP contribution in [0.25, 0.3) is 0 Å². The molecule has 2 unspecified atom stereocenters. The average molecular weight is 230 g/mol. The summed E-state index contributed by atoms with van der Waals surface area (Å²) in [6.07, 6.45) is 1.93. The molecule has 2 atom stereocenters. The van der Waals surface area contributed by atoms with Gasteiger partial charge in [-0.2, -0.15) is 0 Å². The Kier molecular flexibility index (Phi) is 4.54. The van der Waals surface area contributed by atoms with Gasteiger partial charge in [0.05, 0.1) is 0 Å². The topological polar surface area (TPSA) is 78.9 Å². The summed E-state index contributed by atoms with van der Waals surface area (Å²) in [7, 11) is 0. The van der Waals surface area contributed by atoms with Crippen LogP contribution < -0.4 is 5.48 Å². The number of aliphatic carboxylic acids is 1. The van der Waals surface area contributed by atoms with Crippen LogP contribution in [0.5, 0.6) is 0 Å². The number of carbonyl (C=O) groups excluding carboxylic acids is 1. The Balaban J connectivity index is 2.33. The van der Waals surface area contributed by atoms with E-state index in [4.69, 9.17) is 5.11 Å². The number of piperidine rings is 1. The van der Waals surface area contributed by atoms with E-state index in [1.165, 1.54) is 0 Å². The van der Waals surface area contributed by atoms with E-state index in [0.29, 0.717) is 12.5 Å². The fourth-order valence-electron chi connectivity index (χ4n) is 1.93. The molecule has 6 nitrogen and oxygen atoms in total. The number of nitrogens with one attached hydrogen (secondary N) is 1. The number of urea groups is 1. The van der Waals surface area contributed by atoms with Crippen LogP contribution in [-0.2, 0) is 9.63 Å². The lowest BCUT2D eigenvalue weighted by atomic mass is 9.94. The minimum Gasteiger partial charge on any atom is -0.479 e. The maximum absolute atomic E-state index is 11.6. The SMILES string of the molecule is CC1CCN(C(=O)NOCC(=O)O)C(C)C1. The Labute approximate surface area is 94.5 Å². The highest BCUT2D eigenvalue weighted by atomic mass is 16.7. The first kappa shape index (κ1) is 12.8.